The SMILES string of the molecule is CCc1ccc(-c2nnn(CC(=O)N(C)Cc3nc4ccccc4s3)n2)cc1. The Morgan fingerprint density at radius 2 is 1.93 bits per heavy atom. The minimum atomic E-state index is -0.0930. The summed E-state index contributed by atoms with van der Waals surface area (Å²) in [6, 6.07) is 16.0. The summed E-state index contributed by atoms with van der Waals surface area (Å²) in [5.41, 5.74) is 3.10. The van der Waals surface area contributed by atoms with E-state index in [-0.39, 0.29) is 12.5 Å². The Hall–Kier alpha value is -3.13. The zero-order chi connectivity index (χ0) is 19.5. The van der Waals surface area contributed by atoms with Gasteiger partial charge >= 0.3 is 0 Å². The van der Waals surface area contributed by atoms with Gasteiger partial charge in [0.1, 0.15) is 11.6 Å². The first-order valence-electron chi connectivity index (χ1n) is 9.08. The van der Waals surface area contributed by atoms with E-state index < -0.39 is 0 Å². The molecule has 0 spiro atoms. The Morgan fingerprint density at radius 3 is 2.68 bits per heavy atom. The Morgan fingerprint density at radius 1 is 1.14 bits per heavy atom. The van der Waals surface area contributed by atoms with Gasteiger partial charge in [0.15, 0.2) is 0 Å². The molecule has 0 saturated carbocycles. The molecular weight excluding hydrogens is 372 g/mol. The van der Waals surface area contributed by atoms with Crippen LogP contribution in [0.15, 0.2) is 48.5 Å². The van der Waals surface area contributed by atoms with E-state index in [9.17, 15) is 4.79 Å². The van der Waals surface area contributed by atoms with Crippen molar-refractivity contribution in [2.75, 3.05) is 7.05 Å². The first-order chi connectivity index (χ1) is 13.6. The lowest BCUT2D eigenvalue weighted by atomic mass is 10.1. The highest BCUT2D eigenvalue weighted by Gasteiger charge is 2.15. The fourth-order valence-electron chi connectivity index (χ4n) is 2.84. The maximum absolute atomic E-state index is 12.5. The van der Waals surface area contributed by atoms with E-state index in [2.05, 4.69) is 27.3 Å². The second-order valence-corrected chi connectivity index (χ2v) is 7.63. The van der Waals surface area contributed by atoms with E-state index >= 15 is 0 Å². The van der Waals surface area contributed by atoms with Crippen molar-refractivity contribution in [3.8, 4) is 11.4 Å². The maximum atomic E-state index is 12.5. The fourth-order valence-corrected chi connectivity index (χ4v) is 3.86. The molecule has 0 aliphatic heterocycles. The molecule has 0 saturated heterocycles. The largest absolute Gasteiger partial charge is 0.337 e. The second kappa shape index (κ2) is 7.85. The lowest BCUT2D eigenvalue weighted by Crippen LogP contribution is -2.30. The Labute approximate surface area is 166 Å². The number of benzene rings is 2. The average Bonchev–Trinajstić information content (AvgIpc) is 3.34. The van der Waals surface area contributed by atoms with E-state index in [1.807, 2.05) is 48.5 Å². The van der Waals surface area contributed by atoms with Gasteiger partial charge in [-0.25, -0.2) is 4.98 Å². The average molecular weight is 392 g/mol. The maximum Gasteiger partial charge on any atom is 0.246 e. The van der Waals surface area contributed by atoms with Gasteiger partial charge in [0.25, 0.3) is 0 Å². The summed E-state index contributed by atoms with van der Waals surface area (Å²) in [7, 11) is 1.76. The number of fused-ring (bicyclic) bond motifs is 1. The van der Waals surface area contributed by atoms with Crippen LogP contribution >= 0.6 is 11.3 Å². The number of nitrogens with zero attached hydrogens (tertiary/aromatic N) is 6. The molecule has 8 heteroatoms. The number of carbonyl (C=O) groups excluding carboxylic acids is 1. The molecule has 4 rings (SSSR count). The van der Waals surface area contributed by atoms with Crippen LogP contribution in [0.2, 0.25) is 0 Å². The molecule has 0 fully saturated rings. The second-order valence-electron chi connectivity index (χ2n) is 6.52. The number of amides is 1. The minimum Gasteiger partial charge on any atom is -0.337 e. The minimum absolute atomic E-state index is 0.0431. The third-order valence-electron chi connectivity index (χ3n) is 4.49. The Bertz CT molecular complexity index is 1070. The number of likely N-dealkylation sites (N-methyl/N-ethyl adjacent to an activating group) is 1. The van der Waals surface area contributed by atoms with E-state index in [0.29, 0.717) is 12.4 Å². The molecule has 2 aromatic carbocycles. The summed E-state index contributed by atoms with van der Waals surface area (Å²) >= 11 is 1.60. The molecule has 2 heterocycles. The third-order valence-corrected chi connectivity index (χ3v) is 5.51. The van der Waals surface area contributed by atoms with Gasteiger partial charge in [0, 0.05) is 12.6 Å². The van der Waals surface area contributed by atoms with Crippen LogP contribution in [-0.4, -0.2) is 43.0 Å². The fraction of sp³-hybridized carbons (Fsp3) is 0.250. The molecule has 0 unspecified atom stereocenters. The highest BCUT2D eigenvalue weighted by molar-refractivity contribution is 7.18. The van der Waals surface area contributed by atoms with Gasteiger partial charge in [-0.3, -0.25) is 4.79 Å². The molecule has 0 aliphatic carbocycles. The van der Waals surface area contributed by atoms with Crippen molar-refractivity contribution in [2.45, 2.75) is 26.4 Å². The Balaban J connectivity index is 1.40. The van der Waals surface area contributed by atoms with Crippen LogP contribution in [0.4, 0.5) is 0 Å². The van der Waals surface area contributed by atoms with Gasteiger partial charge < -0.3 is 4.90 Å². The molecule has 0 aliphatic rings. The smallest absolute Gasteiger partial charge is 0.246 e. The van der Waals surface area contributed by atoms with Crippen LogP contribution in [0.5, 0.6) is 0 Å². The van der Waals surface area contributed by atoms with Gasteiger partial charge in [-0.2, -0.15) is 4.80 Å². The highest BCUT2D eigenvalue weighted by Crippen LogP contribution is 2.22. The van der Waals surface area contributed by atoms with Crippen LogP contribution < -0.4 is 0 Å². The molecule has 1 amide bonds. The molecule has 0 bridgehead atoms. The van der Waals surface area contributed by atoms with Crippen LogP contribution in [-0.2, 0) is 24.3 Å². The van der Waals surface area contributed by atoms with Crippen molar-refractivity contribution < 1.29 is 4.79 Å². The van der Waals surface area contributed by atoms with Crippen LogP contribution in [0.3, 0.4) is 0 Å². The number of carbonyl (C=O) groups is 1. The van der Waals surface area contributed by atoms with Gasteiger partial charge in [-0.05, 0) is 29.3 Å². The molecular formula is C20H20N6OS. The number of aryl methyl sites for hydroxylation is 1. The van der Waals surface area contributed by atoms with E-state index in [1.54, 1.807) is 23.3 Å². The molecule has 4 aromatic rings. The Kier molecular flexibility index (Phi) is 5.12. The predicted octanol–water partition coefficient (Wildman–Crippen LogP) is 3.17. The summed E-state index contributed by atoms with van der Waals surface area (Å²) in [6.45, 7) is 2.61. The van der Waals surface area contributed by atoms with Crippen molar-refractivity contribution >= 4 is 27.5 Å². The van der Waals surface area contributed by atoms with Gasteiger partial charge in [0.05, 0.1) is 16.8 Å². The summed E-state index contributed by atoms with van der Waals surface area (Å²) in [6.07, 6.45) is 0.982. The first-order valence-corrected chi connectivity index (χ1v) is 9.89. The number of tetrazole rings is 1. The third kappa shape index (κ3) is 3.91. The number of hydrogen-bond acceptors (Lipinski definition) is 6. The zero-order valence-electron chi connectivity index (χ0n) is 15.7. The van der Waals surface area contributed by atoms with Crippen LogP contribution in [0.25, 0.3) is 21.6 Å². The van der Waals surface area contributed by atoms with Crippen molar-refractivity contribution in [2.24, 2.45) is 0 Å². The van der Waals surface area contributed by atoms with E-state index in [1.165, 1.54) is 10.4 Å². The normalized spacial score (nSPS) is 11.1. The molecule has 7 nitrogen and oxygen atoms in total. The molecule has 0 N–H and O–H groups in total. The lowest BCUT2D eigenvalue weighted by Gasteiger charge is -2.14. The number of hydrogen-bond donors (Lipinski definition) is 0. The standard InChI is InChI=1S/C20H20N6OS/c1-3-14-8-10-15(11-9-14)20-22-24-26(23-20)13-19(27)25(2)12-18-21-16-6-4-5-7-17(16)28-18/h4-11H,3,12-13H2,1-2H3. The summed E-state index contributed by atoms with van der Waals surface area (Å²) in [5.74, 6) is 0.425. The van der Waals surface area contributed by atoms with Crippen molar-refractivity contribution in [3.63, 3.8) is 0 Å². The van der Waals surface area contributed by atoms with Crippen LogP contribution in [0, 0.1) is 0 Å². The van der Waals surface area contributed by atoms with Gasteiger partial charge in [-0.15, -0.1) is 21.5 Å². The molecule has 0 atom stereocenters. The zero-order valence-corrected chi connectivity index (χ0v) is 16.6. The molecule has 2 aromatic heterocycles. The monoisotopic (exact) mass is 392 g/mol. The highest BCUT2D eigenvalue weighted by atomic mass is 32.1. The van der Waals surface area contributed by atoms with Crippen molar-refractivity contribution in [1.29, 1.82) is 0 Å². The number of aromatic nitrogens is 5. The quantitative estimate of drug-likeness (QED) is 0.504. The van der Waals surface area contributed by atoms with Crippen LogP contribution in [0.1, 0.15) is 17.5 Å². The number of thiazole rings is 1. The number of para-hydroxylation sites is 1. The van der Waals surface area contributed by atoms with Crippen molar-refractivity contribution in [1.82, 2.24) is 30.1 Å². The lowest BCUT2D eigenvalue weighted by molar-refractivity contribution is -0.131. The summed E-state index contributed by atoms with van der Waals surface area (Å²) in [4.78, 5) is 20.1. The topological polar surface area (TPSA) is 76.8 Å². The predicted molar refractivity (Wildman–Crippen MR) is 109 cm³/mol. The van der Waals surface area contributed by atoms with Gasteiger partial charge in [0.2, 0.25) is 11.7 Å². The van der Waals surface area contributed by atoms with Crippen molar-refractivity contribution in [3.05, 3.63) is 59.1 Å². The molecule has 142 valence electrons. The molecule has 28 heavy (non-hydrogen) atoms. The van der Waals surface area contributed by atoms with E-state index in [0.717, 1.165) is 27.2 Å². The van der Waals surface area contributed by atoms with Gasteiger partial charge in [-0.1, -0.05) is 43.3 Å². The molecule has 0 radical (unpaired) electrons. The summed E-state index contributed by atoms with van der Waals surface area (Å²) < 4.78 is 1.12. The number of rotatable bonds is 6. The summed E-state index contributed by atoms with van der Waals surface area (Å²) in [5, 5.41) is 13.3. The van der Waals surface area contributed by atoms with E-state index in [4.69, 9.17) is 0 Å². The first kappa shape index (κ1) is 18.2.